The van der Waals surface area contributed by atoms with Crippen LogP contribution in [0.2, 0.25) is 0 Å². The maximum absolute atomic E-state index is 12.0. The van der Waals surface area contributed by atoms with Gasteiger partial charge in [-0.2, -0.15) is 0 Å². The number of hydrogen-bond donors (Lipinski definition) is 3. The zero-order chi connectivity index (χ0) is 22.6. The largest absolute Gasteiger partial charge is 0.444 e. The molecule has 3 amide bonds. The molecule has 0 bridgehead atoms. The Balaban J connectivity index is 2.06. The molecule has 0 saturated heterocycles. The molecule has 1 rings (SSSR count). The minimum absolute atomic E-state index is 0.0580. The Hall–Kier alpha value is -2.90. The summed E-state index contributed by atoms with van der Waals surface area (Å²) in [5.74, 6) is -0.443. The predicted molar refractivity (Wildman–Crippen MR) is 114 cm³/mol. The maximum atomic E-state index is 12.0. The van der Waals surface area contributed by atoms with Gasteiger partial charge in [0.15, 0.2) is 5.78 Å². The molecule has 0 fully saturated rings. The minimum atomic E-state index is -0.579. The number of carbonyl (C=O) groups is 4. The van der Waals surface area contributed by atoms with Gasteiger partial charge >= 0.3 is 6.09 Å². The van der Waals surface area contributed by atoms with E-state index in [-0.39, 0.29) is 43.4 Å². The molecule has 8 heteroatoms. The fraction of sp³-hybridized carbons (Fsp3) is 0.545. The Morgan fingerprint density at radius 3 is 1.93 bits per heavy atom. The first-order chi connectivity index (χ1) is 14.1. The van der Waals surface area contributed by atoms with E-state index in [9.17, 15) is 19.2 Å². The molecule has 0 aliphatic rings. The highest BCUT2D eigenvalue weighted by Gasteiger charge is 2.15. The minimum Gasteiger partial charge on any atom is -0.444 e. The molecule has 0 radical (unpaired) electrons. The second-order valence-electron chi connectivity index (χ2n) is 8.02. The Kier molecular flexibility index (Phi) is 10.6. The van der Waals surface area contributed by atoms with Crippen molar-refractivity contribution < 1.29 is 23.9 Å². The van der Waals surface area contributed by atoms with Crippen LogP contribution in [0.5, 0.6) is 0 Å². The average molecular weight is 420 g/mol. The van der Waals surface area contributed by atoms with Gasteiger partial charge in [-0.05, 0) is 34.1 Å². The van der Waals surface area contributed by atoms with Crippen LogP contribution in [0.1, 0.15) is 62.4 Å². The van der Waals surface area contributed by atoms with Crippen molar-refractivity contribution in [3.8, 4) is 0 Å². The highest BCUT2D eigenvalue weighted by molar-refractivity contribution is 5.97. The molecule has 0 aliphatic heterocycles. The average Bonchev–Trinajstić information content (AvgIpc) is 2.65. The van der Waals surface area contributed by atoms with Crippen LogP contribution in [0.15, 0.2) is 24.3 Å². The van der Waals surface area contributed by atoms with Gasteiger partial charge in [0.2, 0.25) is 11.8 Å². The summed E-state index contributed by atoms with van der Waals surface area (Å²) in [7, 11) is 0. The highest BCUT2D eigenvalue weighted by Crippen LogP contribution is 2.08. The number of alkyl carbamates (subject to hydrolysis) is 1. The second-order valence-corrected chi connectivity index (χ2v) is 8.02. The monoisotopic (exact) mass is 419 g/mol. The second kappa shape index (κ2) is 12.6. The van der Waals surface area contributed by atoms with Gasteiger partial charge in [-0.25, -0.2) is 4.79 Å². The zero-order valence-corrected chi connectivity index (χ0v) is 18.3. The van der Waals surface area contributed by atoms with Crippen LogP contribution < -0.4 is 16.0 Å². The molecule has 0 unspecified atom stereocenters. The maximum Gasteiger partial charge on any atom is 0.407 e. The number of aryl methyl sites for hydroxylation is 1. The molecule has 0 atom stereocenters. The van der Waals surface area contributed by atoms with E-state index in [1.807, 2.05) is 19.1 Å². The summed E-state index contributed by atoms with van der Waals surface area (Å²) < 4.78 is 5.08. The number of nitrogens with one attached hydrogen (secondary N) is 3. The first kappa shape index (κ1) is 25.1. The van der Waals surface area contributed by atoms with E-state index in [4.69, 9.17) is 4.74 Å². The molecular formula is C22H33N3O5. The van der Waals surface area contributed by atoms with Crippen molar-refractivity contribution in [2.75, 3.05) is 19.6 Å². The summed E-state index contributed by atoms with van der Waals surface area (Å²) in [6, 6.07) is 7.27. The molecule has 30 heavy (non-hydrogen) atoms. The molecule has 0 spiro atoms. The van der Waals surface area contributed by atoms with E-state index < -0.39 is 11.7 Å². The van der Waals surface area contributed by atoms with Crippen LogP contribution in [0, 0.1) is 6.92 Å². The number of carbonyl (C=O) groups excluding carboxylic acids is 4. The number of amides is 3. The van der Waals surface area contributed by atoms with Crippen molar-refractivity contribution in [1.29, 1.82) is 0 Å². The lowest BCUT2D eigenvalue weighted by Crippen LogP contribution is -2.35. The third kappa shape index (κ3) is 11.8. The molecule has 0 saturated carbocycles. The SMILES string of the molecule is Cc1ccc(C(=O)CCC(=O)NCCCNC(=O)CCNC(=O)OC(C)(C)C)cc1. The van der Waals surface area contributed by atoms with Gasteiger partial charge in [-0.3, -0.25) is 14.4 Å². The molecular weight excluding hydrogens is 386 g/mol. The molecule has 166 valence electrons. The van der Waals surface area contributed by atoms with E-state index >= 15 is 0 Å². The standard InChI is InChI=1S/C22H33N3O5/c1-16-6-8-17(9-7-16)18(26)10-11-19(27)23-13-5-14-24-20(28)12-15-25-21(29)30-22(2,3)4/h6-9H,5,10-15H2,1-4H3,(H,23,27)(H,24,28)(H,25,29). The molecule has 0 heterocycles. The normalized spacial score (nSPS) is 10.8. The van der Waals surface area contributed by atoms with Crippen LogP contribution in [0.4, 0.5) is 4.79 Å². The number of Topliss-reactive ketones (excluding diaryl/α,β-unsaturated/α-hetero) is 1. The van der Waals surface area contributed by atoms with Gasteiger partial charge in [-0.1, -0.05) is 29.8 Å². The summed E-state index contributed by atoms with van der Waals surface area (Å²) in [6.07, 6.45) is 0.459. The van der Waals surface area contributed by atoms with Crippen LogP contribution in [-0.2, 0) is 14.3 Å². The molecule has 3 N–H and O–H groups in total. The van der Waals surface area contributed by atoms with Crippen molar-refractivity contribution in [3.05, 3.63) is 35.4 Å². The quantitative estimate of drug-likeness (QED) is 0.377. The molecule has 0 aromatic heterocycles. The highest BCUT2D eigenvalue weighted by atomic mass is 16.6. The fourth-order valence-corrected chi connectivity index (χ4v) is 2.42. The van der Waals surface area contributed by atoms with E-state index in [2.05, 4.69) is 16.0 Å². The van der Waals surface area contributed by atoms with Crippen LogP contribution in [0.3, 0.4) is 0 Å². The number of benzene rings is 1. The van der Waals surface area contributed by atoms with Gasteiger partial charge in [0.05, 0.1) is 0 Å². The molecule has 1 aromatic rings. The van der Waals surface area contributed by atoms with Crippen molar-refractivity contribution in [1.82, 2.24) is 16.0 Å². The van der Waals surface area contributed by atoms with E-state index in [0.29, 0.717) is 25.1 Å². The summed E-state index contributed by atoms with van der Waals surface area (Å²) in [4.78, 5) is 47.1. The Morgan fingerprint density at radius 2 is 1.37 bits per heavy atom. The lowest BCUT2D eigenvalue weighted by atomic mass is 10.1. The van der Waals surface area contributed by atoms with Crippen molar-refractivity contribution in [2.45, 2.75) is 59.0 Å². The summed E-state index contributed by atoms with van der Waals surface area (Å²) in [6.45, 7) is 8.25. The number of rotatable bonds is 11. The summed E-state index contributed by atoms with van der Waals surface area (Å²) >= 11 is 0. The first-order valence-corrected chi connectivity index (χ1v) is 10.2. The lowest BCUT2D eigenvalue weighted by molar-refractivity contribution is -0.121. The zero-order valence-electron chi connectivity index (χ0n) is 18.3. The summed E-state index contributed by atoms with van der Waals surface area (Å²) in [5.41, 5.74) is 1.11. The van der Waals surface area contributed by atoms with Gasteiger partial charge in [0, 0.05) is 44.5 Å². The number of ketones is 1. The lowest BCUT2D eigenvalue weighted by Gasteiger charge is -2.19. The fourth-order valence-electron chi connectivity index (χ4n) is 2.42. The third-order valence-corrected chi connectivity index (χ3v) is 3.97. The van der Waals surface area contributed by atoms with Crippen molar-refractivity contribution in [2.24, 2.45) is 0 Å². The third-order valence-electron chi connectivity index (χ3n) is 3.97. The first-order valence-electron chi connectivity index (χ1n) is 10.2. The Labute approximate surface area is 178 Å². The topological polar surface area (TPSA) is 114 Å². The molecule has 0 aliphatic carbocycles. The predicted octanol–water partition coefficient (Wildman–Crippen LogP) is 2.50. The smallest absolute Gasteiger partial charge is 0.407 e. The Bertz CT molecular complexity index is 723. The number of hydrogen-bond acceptors (Lipinski definition) is 5. The molecule has 1 aromatic carbocycles. The van der Waals surface area contributed by atoms with Crippen LogP contribution >= 0.6 is 0 Å². The van der Waals surface area contributed by atoms with E-state index in [1.54, 1.807) is 32.9 Å². The van der Waals surface area contributed by atoms with E-state index in [1.165, 1.54) is 0 Å². The van der Waals surface area contributed by atoms with Crippen LogP contribution in [-0.4, -0.2) is 48.9 Å². The molecule has 8 nitrogen and oxygen atoms in total. The van der Waals surface area contributed by atoms with Gasteiger partial charge in [0.1, 0.15) is 5.60 Å². The summed E-state index contributed by atoms with van der Waals surface area (Å²) in [5, 5.41) is 7.97. The number of ether oxygens (including phenoxy) is 1. The van der Waals surface area contributed by atoms with Crippen LogP contribution in [0.25, 0.3) is 0 Å². The van der Waals surface area contributed by atoms with Gasteiger partial charge < -0.3 is 20.7 Å². The van der Waals surface area contributed by atoms with Crippen molar-refractivity contribution >= 4 is 23.7 Å². The van der Waals surface area contributed by atoms with Gasteiger partial charge in [0.25, 0.3) is 0 Å². The Morgan fingerprint density at radius 1 is 0.800 bits per heavy atom. The van der Waals surface area contributed by atoms with Crippen molar-refractivity contribution in [3.63, 3.8) is 0 Å². The van der Waals surface area contributed by atoms with E-state index in [0.717, 1.165) is 5.56 Å². The van der Waals surface area contributed by atoms with Gasteiger partial charge in [-0.15, -0.1) is 0 Å².